The lowest BCUT2D eigenvalue weighted by molar-refractivity contribution is -0.135. The summed E-state index contributed by atoms with van der Waals surface area (Å²) in [6.45, 7) is 6.39. The highest BCUT2D eigenvalue weighted by molar-refractivity contribution is 7.09. The summed E-state index contributed by atoms with van der Waals surface area (Å²) < 4.78 is 11.1. The molecule has 0 aliphatic carbocycles. The van der Waals surface area contributed by atoms with Gasteiger partial charge in [0, 0.05) is 37.6 Å². The molecule has 1 aromatic carbocycles. The van der Waals surface area contributed by atoms with Crippen LogP contribution in [0, 0.1) is 0 Å². The van der Waals surface area contributed by atoms with Crippen molar-refractivity contribution in [2.24, 2.45) is 0 Å². The molecule has 0 N–H and O–H groups in total. The number of allylic oxidation sites excluding steroid dienone is 1. The molecule has 5 nitrogen and oxygen atoms in total. The summed E-state index contributed by atoms with van der Waals surface area (Å²) in [4.78, 5) is 18.3. The van der Waals surface area contributed by atoms with Gasteiger partial charge in [-0.25, -0.2) is 0 Å². The van der Waals surface area contributed by atoms with E-state index in [1.165, 1.54) is 4.88 Å². The molecule has 0 bridgehead atoms. The average Bonchev–Trinajstić information content (AvgIpc) is 3.25. The van der Waals surface area contributed by atoms with E-state index in [2.05, 4.69) is 22.4 Å². The van der Waals surface area contributed by atoms with Crippen LogP contribution in [-0.2, 0) is 11.2 Å². The van der Waals surface area contributed by atoms with Crippen molar-refractivity contribution in [1.29, 1.82) is 0 Å². The molecule has 1 saturated heterocycles. The van der Waals surface area contributed by atoms with E-state index in [9.17, 15) is 4.79 Å². The molecule has 0 spiro atoms. The predicted octanol–water partition coefficient (Wildman–Crippen LogP) is 3.56. The first kappa shape index (κ1) is 20.4. The van der Waals surface area contributed by atoms with Crippen LogP contribution in [0.15, 0.2) is 41.8 Å². The van der Waals surface area contributed by atoms with Gasteiger partial charge in [-0.15, -0.1) is 11.3 Å². The Balaban J connectivity index is 1.44. The number of amides is 1. The molecule has 0 saturated carbocycles. The standard InChI is InChI=1S/C22H28N2O3S/c1-3-5-18-7-8-20(21(16-18)26-2)27-17-22(25)24-13-11-23(12-14-24)10-9-19-6-4-15-28-19/h3-8,15-16H,9-14,17H2,1-2H3/b5-3+. The van der Waals surface area contributed by atoms with Gasteiger partial charge in [0.15, 0.2) is 18.1 Å². The number of rotatable bonds is 8. The lowest BCUT2D eigenvalue weighted by Crippen LogP contribution is -2.50. The highest BCUT2D eigenvalue weighted by Gasteiger charge is 2.21. The maximum absolute atomic E-state index is 12.5. The Bertz CT molecular complexity index is 781. The van der Waals surface area contributed by atoms with E-state index in [1.807, 2.05) is 42.2 Å². The Morgan fingerprint density at radius 3 is 2.68 bits per heavy atom. The molecule has 0 radical (unpaired) electrons. The zero-order valence-electron chi connectivity index (χ0n) is 16.6. The van der Waals surface area contributed by atoms with Crippen LogP contribution in [0.3, 0.4) is 0 Å². The van der Waals surface area contributed by atoms with Crippen molar-refractivity contribution in [2.75, 3.05) is 46.4 Å². The zero-order chi connectivity index (χ0) is 19.8. The van der Waals surface area contributed by atoms with Crippen molar-refractivity contribution in [3.05, 3.63) is 52.2 Å². The summed E-state index contributed by atoms with van der Waals surface area (Å²) in [6.07, 6.45) is 5.05. The predicted molar refractivity (Wildman–Crippen MR) is 114 cm³/mol. The van der Waals surface area contributed by atoms with Crippen LogP contribution in [0.5, 0.6) is 11.5 Å². The van der Waals surface area contributed by atoms with Crippen molar-refractivity contribution >= 4 is 23.3 Å². The second-order valence-electron chi connectivity index (χ2n) is 6.75. The Morgan fingerprint density at radius 1 is 1.18 bits per heavy atom. The van der Waals surface area contributed by atoms with Crippen LogP contribution in [-0.4, -0.2) is 62.1 Å². The molecule has 3 rings (SSSR count). The highest BCUT2D eigenvalue weighted by Crippen LogP contribution is 2.28. The lowest BCUT2D eigenvalue weighted by Gasteiger charge is -2.34. The van der Waals surface area contributed by atoms with Crippen molar-refractivity contribution < 1.29 is 14.3 Å². The summed E-state index contributed by atoms with van der Waals surface area (Å²) >= 11 is 1.81. The minimum Gasteiger partial charge on any atom is -0.493 e. The molecular formula is C22H28N2O3S. The number of methoxy groups -OCH3 is 1. The fourth-order valence-corrected chi connectivity index (χ4v) is 3.97. The second kappa shape index (κ2) is 10.3. The zero-order valence-corrected chi connectivity index (χ0v) is 17.4. The van der Waals surface area contributed by atoms with Gasteiger partial charge in [-0.2, -0.15) is 0 Å². The first-order chi connectivity index (χ1) is 13.7. The van der Waals surface area contributed by atoms with E-state index in [1.54, 1.807) is 18.4 Å². The summed E-state index contributed by atoms with van der Waals surface area (Å²) in [5.41, 5.74) is 1.04. The second-order valence-corrected chi connectivity index (χ2v) is 7.78. The maximum atomic E-state index is 12.5. The van der Waals surface area contributed by atoms with Crippen LogP contribution in [0.2, 0.25) is 0 Å². The summed E-state index contributed by atoms with van der Waals surface area (Å²) in [5.74, 6) is 1.26. The highest BCUT2D eigenvalue weighted by atomic mass is 32.1. The third-order valence-electron chi connectivity index (χ3n) is 4.88. The van der Waals surface area contributed by atoms with Crippen molar-refractivity contribution in [3.63, 3.8) is 0 Å². The molecular weight excluding hydrogens is 372 g/mol. The normalized spacial score (nSPS) is 15.1. The molecule has 1 aliphatic rings. The first-order valence-corrected chi connectivity index (χ1v) is 10.5. The number of hydrogen-bond donors (Lipinski definition) is 0. The molecule has 0 unspecified atom stereocenters. The molecule has 1 fully saturated rings. The molecule has 6 heteroatoms. The van der Waals surface area contributed by atoms with Crippen LogP contribution < -0.4 is 9.47 Å². The summed E-state index contributed by atoms with van der Waals surface area (Å²) in [5, 5.41) is 2.12. The molecule has 0 atom stereocenters. The van der Waals surface area contributed by atoms with Crippen LogP contribution in [0.4, 0.5) is 0 Å². The minimum absolute atomic E-state index is 0.0255. The van der Waals surface area contributed by atoms with Gasteiger partial charge in [0.25, 0.3) is 5.91 Å². The molecule has 2 aromatic rings. The fraction of sp³-hybridized carbons (Fsp3) is 0.409. The van der Waals surface area contributed by atoms with Gasteiger partial charge >= 0.3 is 0 Å². The number of benzene rings is 1. The lowest BCUT2D eigenvalue weighted by atomic mass is 10.2. The summed E-state index contributed by atoms with van der Waals surface area (Å²) in [6, 6.07) is 9.99. The number of carbonyl (C=O) groups excluding carboxylic acids is 1. The van der Waals surface area contributed by atoms with Gasteiger partial charge in [-0.1, -0.05) is 24.3 Å². The van der Waals surface area contributed by atoms with Crippen LogP contribution >= 0.6 is 11.3 Å². The molecule has 1 amide bonds. The largest absolute Gasteiger partial charge is 0.493 e. The van der Waals surface area contributed by atoms with E-state index in [4.69, 9.17) is 9.47 Å². The quantitative estimate of drug-likeness (QED) is 0.680. The first-order valence-electron chi connectivity index (χ1n) is 9.65. The Morgan fingerprint density at radius 2 is 2.00 bits per heavy atom. The fourth-order valence-electron chi connectivity index (χ4n) is 3.27. The maximum Gasteiger partial charge on any atom is 0.260 e. The summed E-state index contributed by atoms with van der Waals surface area (Å²) in [7, 11) is 1.61. The third kappa shape index (κ3) is 5.59. The van der Waals surface area contributed by atoms with E-state index >= 15 is 0 Å². The van der Waals surface area contributed by atoms with E-state index < -0.39 is 0 Å². The van der Waals surface area contributed by atoms with Crippen LogP contribution in [0.25, 0.3) is 6.08 Å². The van der Waals surface area contributed by atoms with Gasteiger partial charge in [-0.3, -0.25) is 9.69 Å². The number of thiophene rings is 1. The third-order valence-corrected chi connectivity index (χ3v) is 5.81. The number of ether oxygens (including phenoxy) is 2. The number of hydrogen-bond acceptors (Lipinski definition) is 5. The average molecular weight is 401 g/mol. The van der Waals surface area contributed by atoms with Crippen molar-refractivity contribution in [1.82, 2.24) is 9.80 Å². The van der Waals surface area contributed by atoms with Gasteiger partial charge < -0.3 is 14.4 Å². The molecule has 2 heterocycles. The monoisotopic (exact) mass is 400 g/mol. The van der Waals surface area contributed by atoms with Crippen molar-refractivity contribution in [3.8, 4) is 11.5 Å². The van der Waals surface area contributed by atoms with Crippen LogP contribution in [0.1, 0.15) is 17.4 Å². The number of carbonyl (C=O) groups is 1. The minimum atomic E-state index is 0.0255. The van der Waals surface area contributed by atoms with Gasteiger partial charge in [0.1, 0.15) is 0 Å². The molecule has 1 aliphatic heterocycles. The Kier molecular flexibility index (Phi) is 7.51. The SMILES string of the molecule is C/C=C/c1ccc(OCC(=O)N2CCN(CCc3cccs3)CC2)c(OC)c1. The van der Waals surface area contributed by atoms with E-state index in [0.29, 0.717) is 11.5 Å². The molecule has 150 valence electrons. The molecule has 1 aromatic heterocycles. The Labute approximate surface area is 171 Å². The topological polar surface area (TPSA) is 42.0 Å². The number of piperazine rings is 1. The van der Waals surface area contributed by atoms with Gasteiger partial charge in [-0.05, 0) is 42.5 Å². The van der Waals surface area contributed by atoms with Gasteiger partial charge in [0.05, 0.1) is 7.11 Å². The molecule has 28 heavy (non-hydrogen) atoms. The van der Waals surface area contributed by atoms with Gasteiger partial charge in [0.2, 0.25) is 0 Å². The number of nitrogens with zero attached hydrogens (tertiary/aromatic N) is 2. The van der Waals surface area contributed by atoms with E-state index in [-0.39, 0.29) is 12.5 Å². The smallest absolute Gasteiger partial charge is 0.260 e. The van der Waals surface area contributed by atoms with Crippen molar-refractivity contribution in [2.45, 2.75) is 13.3 Å². The Hall–Kier alpha value is -2.31. The van der Waals surface area contributed by atoms with E-state index in [0.717, 1.165) is 44.7 Å².